The van der Waals surface area contributed by atoms with Crippen LogP contribution in [0.15, 0.2) is 41.5 Å². The number of halogens is 2. The summed E-state index contributed by atoms with van der Waals surface area (Å²) in [4.78, 5) is 35.3. The second-order valence-corrected chi connectivity index (χ2v) is 8.39. The molecule has 0 aliphatic carbocycles. The number of nitrogens with two attached hydrogens (primary N) is 1. The summed E-state index contributed by atoms with van der Waals surface area (Å²) in [7, 11) is 1.58. The maximum atomic E-state index is 12.9. The smallest absolute Gasteiger partial charge is 0.274 e. The molecule has 2 aromatic rings. The van der Waals surface area contributed by atoms with Crippen LogP contribution >= 0.6 is 23.2 Å². The van der Waals surface area contributed by atoms with Gasteiger partial charge in [0.15, 0.2) is 5.96 Å². The van der Waals surface area contributed by atoms with Crippen LogP contribution in [0.25, 0.3) is 0 Å². The molecule has 29 heavy (non-hydrogen) atoms. The van der Waals surface area contributed by atoms with Gasteiger partial charge in [0.1, 0.15) is 11.2 Å². The van der Waals surface area contributed by atoms with E-state index >= 15 is 0 Å². The van der Waals surface area contributed by atoms with E-state index in [1.165, 1.54) is 17.2 Å². The highest BCUT2D eigenvalue weighted by molar-refractivity contribution is 6.31. The van der Waals surface area contributed by atoms with Gasteiger partial charge in [0.25, 0.3) is 5.91 Å². The summed E-state index contributed by atoms with van der Waals surface area (Å²) < 4.78 is 0. The number of hydrogen-bond donors (Lipinski definition) is 2. The summed E-state index contributed by atoms with van der Waals surface area (Å²) in [5.41, 5.74) is 5.32. The molecule has 0 saturated heterocycles. The number of hydrogen-bond acceptors (Lipinski definition) is 5. The number of benzene rings is 1. The lowest BCUT2D eigenvalue weighted by Crippen LogP contribution is -2.58. The van der Waals surface area contributed by atoms with Gasteiger partial charge in [-0.05, 0) is 51.1 Å². The molecular weight excluding hydrogens is 413 g/mol. The van der Waals surface area contributed by atoms with Gasteiger partial charge in [-0.3, -0.25) is 14.5 Å². The highest BCUT2D eigenvalue weighted by Gasteiger charge is 2.53. The first-order valence-electron chi connectivity index (χ1n) is 8.84. The Morgan fingerprint density at radius 3 is 2.48 bits per heavy atom. The standard InChI is InChI=1S/C20H21Cl2N5O2/c1-19(2)17(29)27(4)18(23)26-20(19,3)13-9-12(6-7-14(13)22)25-16(28)15-8-5-11(21)10-24-15/h5-10H,1-4H3,(H2,23,26)(H,25,28). The van der Waals surface area contributed by atoms with E-state index in [-0.39, 0.29) is 17.6 Å². The summed E-state index contributed by atoms with van der Waals surface area (Å²) in [6, 6.07) is 8.13. The van der Waals surface area contributed by atoms with Crippen LogP contribution in [-0.4, -0.2) is 34.7 Å². The molecule has 1 aromatic heterocycles. The molecule has 1 aliphatic heterocycles. The Bertz CT molecular complexity index is 1020. The van der Waals surface area contributed by atoms with E-state index in [0.29, 0.717) is 21.3 Å². The maximum absolute atomic E-state index is 12.9. The number of anilines is 1. The number of rotatable bonds is 3. The van der Waals surface area contributed by atoms with Gasteiger partial charge in [-0.15, -0.1) is 0 Å². The Hall–Kier alpha value is -2.64. The third-order valence-corrected chi connectivity index (χ3v) is 6.00. The summed E-state index contributed by atoms with van der Waals surface area (Å²) in [6.45, 7) is 5.39. The van der Waals surface area contributed by atoms with Crippen molar-refractivity contribution in [2.75, 3.05) is 12.4 Å². The van der Waals surface area contributed by atoms with Crippen molar-refractivity contribution in [2.45, 2.75) is 26.3 Å². The average Bonchev–Trinajstić information content (AvgIpc) is 2.67. The van der Waals surface area contributed by atoms with E-state index in [9.17, 15) is 9.59 Å². The summed E-state index contributed by atoms with van der Waals surface area (Å²) in [5.74, 6) is -0.474. The number of carbonyl (C=O) groups excluding carboxylic acids is 2. The number of amides is 2. The van der Waals surface area contributed by atoms with E-state index in [2.05, 4.69) is 15.3 Å². The Balaban J connectivity index is 2.02. The molecule has 0 fully saturated rings. The zero-order chi connectivity index (χ0) is 21.6. The molecule has 0 saturated carbocycles. The van der Waals surface area contributed by atoms with Gasteiger partial charge in [-0.2, -0.15) is 0 Å². The highest BCUT2D eigenvalue weighted by Crippen LogP contribution is 2.49. The normalized spacial score (nSPS) is 21.0. The molecule has 0 spiro atoms. The van der Waals surface area contributed by atoms with Crippen LogP contribution in [0, 0.1) is 5.41 Å². The van der Waals surface area contributed by atoms with Crippen LogP contribution in [0.2, 0.25) is 10.0 Å². The SMILES string of the molecule is CN1C(=O)C(C)(C)C(C)(c2cc(NC(=O)c3ccc(Cl)cn3)ccc2Cl)N=C1N. The molecule has 1 unspecified atom stereocenters. The monoisotopic (exact) mass is 433 g/mol. The summed E-state index contributed by atoms with van der Waals surface area (Å²) >= 11 is 12.3. The van der Waals surface area contributed by atoms with Gasteiger partial charge in [-0.25, -0.2) is 9.98 Å². The highest BCUT2D eigenvalue weighted by atomic mass is 35.5. The van der Waals surface area contributed by atoms with Crippen molar-refractivity contribution in [3.63, 3.8) is 0 Å². The molecule has 1 aliphatic rings. The zero-order valence-corrected chi connectivity index (χ0v) is 18.0. The van der Waals surface area contributed by atoms with Crippen molar-refractivity contribution in [1.82, 2.24) is 9.88 Å². The number of aromatic nitrogens is 1. The summed E-state index contributed by atoms with van der Waals surface area (Å²) in [5, 5.41) is 3.63. The minimum atomic E-state index is -1.03. The quantitative estimate of drug-likeness (QED) is 0.770. The second-order valence-electron chi connectivity index (χ2n) is 7.54. The first-order chi connectivity index (χ1) is 13.5. The molecular formula is C20H21Cl2N5O2. The maximum Gasteiger partial charge on any atom is 0.274 e. The fourth-order valence-corrected chi connectivity index (χ4v) is 3.67. The largest absolute Gasteiger partial charge is 0.369 e. The molecule has 1 atom stereocenters. The number of nitrogens with one attached hydrogen (secondary N) is 1. The lowest BCUT2D eigenvalue weighted by molar-refractivity contribution is -0.140. The van der Waals surface area contributed by atoms with Gasteiger partial charge < -0.3 is 11.1 Å². The first kappa shape index (κ1) is 21.1. The van der Waals surface area contributed by atoms with Crippen molar-refractivity contribution in [1.29, 1.82) is 0 Å². The Labute approximate surface area is 178 Å². The van der Waals surface area contributed by atoms with Crippen LogP contribution in [-0.2, 0) is 10.3 Å². The third-order valence-electron chi connectivity index (χ3n) is 5.45. The molecule has 2 amide bonds. The average molecular weight is 434 g/mol. The lowest BCUT2D eigenvalue weighted by atomic mass is 9.67. The fraction of sp³-hybridized carbons (Fsp3) is 0.300. The molecule has 3 rings (SSSR count). The van der Waals surface area contributed by atoms with Crippen molar-refractivity contribution in [2.24, 2.45) is 16.1 Å². The molecule has 7 nitrogen and oxygen atoms in total. The second kappa shape index (κ2) is 7.31. The Kier molecular flexibility index (Phi) is 5.32. The lowest BCUT2D eigenvalue weighted by Gasteiger charge is -2.46. The van der Waals surface area contributed by atoms with Crippen LogP contribution in [0.5, 0.6) is 0 Å². The van der Waals surface area contributed by atoms with Gasteiger partial charge in [0.2, 0.25) is 5.91 Å². The summed E-state index contributed by atoms with van der Waals surface area (Å²) in [6.07, 6.45) is 1.40. The van der Waals surface area contributed by atoms with Gasteiger partial charge >= 0.3 is 0 Å². The molecule has 0 bridgehead atoms. The Morgan fingerprint density at radius 1 is 1.17 bits per heavy atom. The minimum absolute atomic E-state index is 0.104. The van der Waals surface area contributed by atoms with Crippen LogP contribution in [0.1, 0.15) is 36.8 Å². The molecule has 0 radical (unpaired) electrons. The molecule has 152 valence electrons. The molecule has 1 aromatic carbocycles. The van der Waals surface area contributed by atoms with Crippen molar-refractivity contribution >= 4 is 46.7 Å². The number of pyridine rings is 1. The van der Waals surface area contributed by atoms with E-state index < -0.39 is 16.9 Å². The van der Waals surface area contributed by atoms with Gasteiger partial charge in [0.05, 0.1) is 10.4 Å². The predicted molar refractivity (Wildman–Crippen MR) is 114 cm³/mol. The molecule has 2 heterocycles. The van der Waals surface area contributed by atoms with Crippen molar-refractivity contribution in [3.05, 3.63) is 57.8 Å². The molecule has 9 heteroatoms. The predicted octanol–water partition coefficient (Wildman–Crippen LogP) is 3.67. The minimum Gasteiger partial charge on any atom is -0.369 e. The van der Waals surface area contributed by atoms with E-state index in [4.69, 9.17) is 28.9 Å². The van der Waals surface area contributed by atoms with E-state index in [0.717, 1.165) is 0 Å². The van der Waals surface area contributed by atoms with Crippen LogP contribution in [0.4, 0.5) is 5.69 Å². The van der Waals surface area contributed by atoms with Crippen molar-refractivity contribution in [3.8, 4) is 0 Å². The van der Waals surface area contributed by atoms with Gasteiger partial charge in [-0.1, -0.05) is 23.2 Å². The topological polar surface area (TPSA) is 101 Å². The number of guanidine groups is 1. The molecule has 3 N–H and O–H groups in total. The number of nitrogens with zero attached hydrogens (tertiary/aromatic N) is 3. The van der Waals surface area contributed by atoms with Gasteiger partial charge in [0, 0.05) is 29.5 Å². The zero-order valence-electron chi connectivity index (χ0n) is 16.5. The van der Waals surface area contributed by atoms with E-state index in [1.54, 1.807) is 52.1 Å². The fourth-order valence-electron chi connectivity index (χ4n) is 3.25. The first-order valence-corrected chi connectivity index (χ1v) is 9.59. The number of aliphatic imine (C=N–C) groups is 1. The van der Waals surface area contributed by atoms with E-state index in [1.807, 2.05) is 0 Å². The Morgan fingerprint density at radius 2 is 1.86 bits per heavy atom. The number of carbonyl (C=O) groups is 2. The third kappa shape index (κ3) is 3.56. The van der Waals surface area contributed by atoms with Crippen LogP contribution in [0.3, 0.4) is 0 Å². The van der Waals surface area contributed by atoms with Crippen molar-refractivity contribution < 1.29 is 9.59 Å². The van der Waals surface area contributed by atoms with Crippen LogP contribution < -0.4 is 11.1 Å².